The monoisotopic (exact) mass is 479 g/mol. The first-order chi connectivity index (χ1) is 16.7. The average molecular weight is 479 g/mol. The molecule has 0 aromatic heterocycles. The van der Waals surface area contributed by atoms with Crippen LogP contribution in [-0.2, 0) is 16.1 Å². The van der Waals surface area contributed by atoms with Crippen molar-refractivity contribution in [1.82, 2.24) is 15.1 Å². The molecule has 0 bridgehead atoms. The van der Waals surface area contributed by atoms with E-state index >= 15 is 0 Å². The third-order valence-electron chi connectivity index (χ3n) is 6.36. The number of hydrogen-bond donors (Lipinski definition) is 3. The first kappa shape index (κ1) is 24.4. The molecule has 2 aliphatic heterocycles. The zero-order chi connectivity index (χ0) is 25.3. The Labute approximate surface area is 202 Å². The van der Waals surface area contributed by atoms with Gasteiger partial charge in [0.05, 0.1) is 13.1 Å². The number of ether oxygens (including phenoxy) is 1. The quantitative estimate of drug-likeness (QED) is 0.363. The van der Waals surface area contributed by atoms with Crippen LogP contribution in [0, 0.1) is 6.92 Å². The van der Waals surface area contributed by atoms with Crippen LogP contribution in [0.15, 0.2) is 36.4 Å². The molecule has 0 aliphatic carbocycles. The van der Waals surface area contributed by atoms with E-state index in [1.807, 2.05) is 0 Å². The second kappa shape index (κ2) is 9.89. The Balaban J connectivity index is 1.39. The van der Waals surface area contributed by atoms with E-state index in [-0.39, 0.29) is 50.3 Å². The molecule has 11 heteroatoms. The third-order valence-corrected chi connectivity index (χ3v) is 6.36. The molecule has 2 aromatic carbocycles. The summed E-state index contributed by atoms with van der Waals surface area (Å²) in [4.78, 5) is 52.3. The van der Waals surface area contributed by atoms with Gasteiger partial charge in [0, 0.05) is 30.2 Å². The van der Waals surface area contributed by atoms with Gasteiger partial charge in [0.15, 0.2) is 0 Å². The minimum atomic E-state index is -1.60. The fourth-order valence-electron chi connectivity index (χ4n) is 4.41. The van der Waals surface area contributed by atoms with Crippen molar-refractivity contribution >= 4 is 36.2 Å². The van der Waals surface area contributed by atoms with Gasteiger partial charge in [0.2, 0.25) is 11.8 Å². The van der Waals surface area contributed by atoms with Gasteiger partial charge >= 0.3 is 7.12 Å². The predicted molar refractivity (Wildman–Crippen MR) is 126 cm³/mol. The van der Waals surface area contributed by atoms with Crippen LogP contribution in [0.2, 0.25) is 0 Å². The van der Waals surface area contributed by atoms with Crippen LogP contribution in [0.1, 0.15) is 44.7 Å². The molecule has 0 radical (unpaired) electrons. The molecule has 0 spiro atoms. The highest BCUT2D eigenvalue weighted by atomic mass is 16.5. The fraction of sp³-hybridized carbons (Fsp3) is 0.333. The molecule has 0 saturated carbocycles. The van der Waals surface area contributed by atoms with Gasteiger partial charge in [0.1, 0.15) is 18.4 Å². The van der Waals surface area contributed by atoms with Gasteiger partial charge in [-0.1, -0.05) is 17.7 Å². The van der Waals surface area contributed by atoms with E-state index in [2.05, 4.69) is 5.32 Å². The molecule has 35 heavy (non-hydrogen) atoms. The molecule has 10 nitrogen and oxygen atoms in total. The lowest BCUT2D eigenvalue weighted by molar-refractivity contribution is -0.136. The van der Waals surface area contributed by atoms with Crippen molar-refractivity contribution in [2.45, 2.75) is 32.4 Å². The number of aryl methyl sites for hydroxylation is 1. The number of nitrogens with zero attached hydrogens (tertiary/aromatic N) is 2. The highest BCUT2D eigenvalue weighted by Gasteiger charge is 2.40. The van der Waals surface area contributed by atoms with Crippen molar-refractivity contribution < 1.29 is 34.0 Å². The SMILES string of the molecule is Cc1cc(C(=O)N(C)CCOc2cccc3c2CN(C2CCC(=O)NC2=O)C3=O)ccc1B(O)O. The lowest BCUT2D eigenvalue weighted by Gasteiger charge is -2.29. The summed E-state index contributed by atoms with van der Waals surface area (Å²) in [6, 6.07) is 9.08. The van der Waals surface area contributed by atoms with E-state index in [9.17, 15) is 29.2 Å². The number of carbonyl (C=O) groups is 4. The Bertz CT molecular complexity index is 1200. The highest BCUT2D eigenvalue weighted by Crippen LogP contribution is 2.33. The molecule has 182 valence electrons. The van der Waals surface area contributed by atoms with Crippen LogP contribution in [0.5, 0.6) is 5.75 Å². The zero-order valence-electron chi connectivity index (χ0n) is 19.5. The summed E-state index contributed by atoms with van der Waals surface area (Å²) in [5, 5.41) is 21.0. The average Bonchev–Trinajstić information content (AvgIpc) is 3.15. The lowest BCUT2D eigenvalue weighted by Crippen LogP contribution is -2.52. The second-order valence-corrected chi connectivity index (χ2v) is 8.70. The molecule has 4 amide bonds. The van der Waals surface area contributed by atoms with Gasteiger partial charge in [-0.3, -0.25) is 24.5 Å². The van der Waals surface area contributed by atoms with Crippen molar-refractivity contribution in [1.29, 1.82) is 0 Å². The lowest BCUT2D eigenvalue weighted by atomic mass is 9.77. The van der Waals surface area contributed by atoms with Crippen molar-refractivity contribution in [3.05, 3.63) is 58.7 Å². The molecule has 1 fully saturated rings. The minimum Gasteiger partial charge on any atom is -0.491 e. The Hall–Kier alpha value is -3.70. The number of rotatable bonds is 7. The topological polar surface area (TPSA) is 136 Å². The van der Waals surface area contributed by atoms with Crippen LogP contribution in [0.3, 0.4) is 0 Å². The number of likely N-dealkylation sites (N-methyl/N-ethyl adjacent to an activating group) is 1. The number of amides is 4. The standard InChI is InChI=1S/C24H26BN3O7/c1-14-12-15(6-7-18(14)25(33)34)23(31)27(2)10-11-35-20-5-3-4-16-17(20)13-28(24(16)32)19-8-9-21(29)26-22(19)30/h3-7,12,19,33-34H,8-11,13H2,1-2H3,(H,26,29,30). The van der Waals surface area contributed by atoms with Crippen molar-refractivity contribution in [2.75, 3.05) is 20.2 Å². The summed E-state index contributed by atoms with van der Waals surface area (Å²) in [6.45, 7) is 2.35. The number of nitrogens with one attached hydrogen (secondary N) is 1. The molecule has 1 unspecified atom stereocenters. The van der Waals surface area contributed by atoms with Gasteiger partial charge in [-0.25, -0.2) is 0 Å². The number of imide groups is 1. The van der Waals surface area contributed by atoms with E-state index in [0.29, 0.717) is 33.5 Å². The number of carbonyl (C=O) groups excluding carboxylic acids is 4. The third kappa shape index (κ3) is 4.91. The molecular weight excluding hydrogens is 453 g/mol. The molecule has 4 rings (SSSR count). The maximum atomic E-state index is 12.9. The van der Waals surface area contributed by atoms with E-state index < -0.39 is 19.1 Å². The smallest absolute Gasteiger partial charge is 0.488 e. The molecular formula is C24H26BN3O7. The highest BCUT2D eigenvalue weighted by molar-refractivity contribution is 6.59. The summed E-state index contributed by atoms with van der Waals surface area (Å²) in [7, 11) is 0.0372. The molecule has 1 atom stereocenters. The Morgan fingerprint density at radius 1 is 1.23 bits per heavy atom. The van der Waals surface area contributed by atoms with Gasteiger partial charge in [0.25, 0.3) is 11.8 Å². The zero-order valence-corrected chi connectivity index (χ0v) is 19.5. The molecule has 2 heterocycles. The van der Waals surface area contributed by atoms with Gasteiger partial charge in [-0.05, 0) is 43.1 Å². The fourth-order valence-corrected chi connectivity index (χ4v) is 4.41. The number of benzene rings is 2. The normalized spacial score (nSPS) is 17.2. The maximum Gasteiger partial charge on any atom is 0.488 e. The summed E-state index contributed by atoms with van der Waals surface area (Å²) < 4.78 is 5.91. The van der Waals surface area contributed by atoms with Crippen molar-refractivity contribution in [3.63, 3.8) is 0 Å². The van der Waals surface area contributed by atoms with Crippen LogP contribution >= 0.6 is 0 Å². The van der Waals surface area contributed by atoms with E-state index in [4.69, 9.17) is 4.74 Å². The minimum absolute atomic E-state index is 0.178. The maximum absolute atomic E-state index is 12.9. The van der Waals surface area contributed by atoms with Crippen LogP contribution in [-0.4, -0.2) is 76.8 Å². The van der Waals surface area contributed by atoms with Gasteiger partial charge in [-0.2, -0.15) is 0 Å². The number of fused-ring (bicyclic) bond motifs is 1. The Kier molecular flexibility index (Phi) is 6.90. The van der Waals surface area contributed by atoms with Crippen LogP contribution < -0.4 is 15.5 Å². The van der Waals surface area contributed by atoms with Gasteiger partial charge in [-0.15, -0.1) is 0 Å². The molecule has 1 saturated heterocycles. The Morgan fingerprint density at radius 2 is 2.00 bits per heavy atom. The summed E-state index contributed by atoms with van der Waals surface area (Å²) in [5.41, 5.74) is 2.48. The van der Waals surface area contributed by atoms with E-state index in [0.717, 1.165) is 0 Å². The summed E-state index contributed by atoms with van der Waals surface area (Å²) in [6.07, 6.45) is 0.467. The van der Waals surface area contributed by atoms with Crippen molar-refractivity contribution in [2.24, 2.45) is 0 Å². The predicted octanol–water partition coefficient (Wildman–Crippen LogP) is -0.413. The first-order valence-electron chi connectivity index (χ1n) is 11.3. The second-order valence-electron chi connectivity index (χ2n) is 8.70. The van der Waals surface area contributed by atoms with E-state index in [1.165, 1.54) is 15.9 Å². The number of piperidine rings is 1. The summed E-state index contributed by atoms with van der Waals surface area (Å²) in [5.74, 6) is -0.826. The molecule has 2 aromatic rings. The van der Waals surface area contributed by atoms with E-state index in [1.54, 1.807) is 44.3 Å². The first-order valence-corrected chi connectivity index (χ1v) is 11.3. The number of hydrogen-bond acceptors (Lipinski definition) is 7. The van der Waals surface area contributed by atoms with Crippen LogP contribution in [0.25, 0.3) is 0 Å². The molecule has 3 N–H and O–H groups in total. The van der Waals surface area contributed by atoms with Crippen LogP contribution in [0.4, 0.5) is 0 Å². The largest absolute Gasteiger partial charge is 0.491 e. The summed E-state index contributed by atoms with van der Waals surface area (Å²) >= 11 is 0. The molecule has 2 aliphatic rings. The van der Waals surface area contributed by atoms with Gasteiger partial charge < -0.3 is 24.6 Å². The van der Waals surface area contributed by atoms with Crippen molar-refractivity contribution in [3.8, 4) is 5.75 Å². The Morgan fingerprint density at radius 3 is 2.69 bits per heavy atom.